The Morgan fingerprint density at radius 1 is 1.47 bits per heavy atom. The van der Waals surface area contributed by atoms with Crippen molar-refractivity contribution in [2.75, 3.05) is 0 Å². The molecule has 1 atom stereocenters. The van der Waals surface area contributed by atoms with Crippen LogP contribution in [0.15, 0.2) is 28.9 Å². The van der Waals surface area contributed by atoms with E-state index >= 15 is 0 Å². The van der Waals surface area contributed by atoms with Crippen molar-refractivity contribution >= 4 is 15.9 Å². The maximum atomic E-state index is 10.1. The molecule has 2 aromatic rings. The van der Waals surface area contributed by atoms with Gasteiger partial charge < -0.3 is 5.11 Å². The average molecular weight is 296 g/mol. The van der Waals surface area contributed by atoms with E-state index in [-0.39, 0.29) is 0 Å². The van der Waals surface area contributed by atoms with E-state index in [0.29, 0.717) is 12.1 Å². The molecule has 0 spiro atoms. The highest BCUT2D eigenvalue weighted by molar-refractivity contribution is 9.10. The van der Waals surface area contributed by atoms with Crippen molar-refractivity contribution in [3.63, 3.8) is 0 Å². The fourth-order valence-electron chi connectivity index (χ4n) is 1.76. The van der Waals surface area contributed by atoms with Crippen LogP contribution in [-0.2, 0) is 13.5 Å². The first-order valence-electron chi connectivity index (χ1n) is 5.36. The molecule has 5 heteroatoms. The molecule has 4 nitrogen and oxygen atoms in total. The summed E-state index contributed by atoms with van der Waals surface area (Å²) in [6.07, 6.45) is 1.57. The summed E-state index contributed by atoms with van der Waals surface area (Å²) in [6, 6.07) is 5.53. The van der Waals surface area contributed by atoms with Crippen LogP contribution in [0.3, 0.4) is 0 Å². The topological polar surface area (TPSA) is 50.9 Å². The molecule has 0 aliphatic heterocycles. The predicted octanol–water partition coefficient (Wildman–Crippen LogP) is 2.16. The molecule has 0 aliphatic carbocycles. The Morgan fingerprint density at radius 2 is 2.24 bits per heavy atom. The molecule has 0 bridgehead atoms. The van der Waals surface area contributed by atoms with E-state index in [2.05, 4.69) is 26.0 Å². The second kappa shape index (κ2) is 4.98. The molecule has 2 rings (SSSR count). The number of rotatable bonds is 3. The standard InChI is InChI=1S/C12H14BrN3O/c1-8-12(13)10(16(2)15-8)7-11(17)9-5-3-4-6-14-9/h3-6,11,17H,7H2,1-2H3. The van der Waals surface area contributed by atoms with Crippen LogP contribution in [0.4, 0.5) is 0 Å². The lowest BCUT2D eigenvalue weighted by Gasteiger charge is -2.10. The van der Waals surface area contributed by atoms with Crippen molar-refractivity contribution < 1.29 is 5.11 Å². The van der Waals surface area contributed by atoms with Crippen molar-refractivity contribution in [3.05, 3.63) is 46.0 Å². The zero-order chi connectivity index (χ0) is 12.4. The van der Waals surface area contributed by atoms with Gasteiger partial charge in [0.15, 0.2) is 0 Å². The van der Waals surface area contributed by atoms with Crippen LogP contribution < -0.4 is 0 Å². The van der Waals surface area contributed by atoms with Gasteiger partial charge >= 0.3 is 0 Å². The molecule has 0 saturated carbocycles. The summed E-state index contributed by atoms with van der Waals surface area (Å²) in [7, 11) is 1.87. The van der Waals surface area contributed by atoms with E-state index in [4.69, 9.17) is 0 Å². The summed E-state index contributed by atoms with van der Waals surface area (Å²) in [4.78, 5) is 4.15. The van der Waals surface area contributed by atoms with Gasteiger partial charge in [-0.15, -0.1) is 0 Å². The summed E-state index contributed by atoms with van der Waals surface area (Å²) in [5.74, 6) is 0. The normalized spacial score (nSPS) is 12.7. The minimum Gasteiger partial charge on any atom is -0.386 e. The predicted molar refractivity (Wildman–Crippen MR) is 68.5 cm³/mol. The monoisotopic (exact) mass is 295 g/mol. The van der Waals surface area contributed by atoms with Gasteiger partial charge in [0.25, 0.3) is 0 Å². The fourth-order valence-corrected chi connectivity index (χ4v) is 2.26. The van der Waals surface area contributed by atoms with Crippen LogP contribution >= 0.6 is 15.9 Å². The first-order chi connectivity index (χ1) is 8.09. The van der Waals surface area contributed by atoms with Gasteiger partial charge in [0.2, 0.25) is 0 Å². The molecule has 0 saturated heterocycles. The van der Waals surface area contributed by atoms with Crippen LogP contribution in [0.1, 0.15) is 23.2 Å². The van der Waals surface area contributed by atoms with Gasteiger partial charge in [-0.05, 0) is 35.0 Å². The number of aryl methyl sites for hydroxylation is 2. The maximum Gasteiger partial charge on any atom is 0.101 e. The van der Waals surface area contributed by atoms with Gasteiger partial charge in [-0.2, -0.15) is 5.10 Å². The number of halogens is 1. The van der Waals surface area contributed by atoms with Crippen molar-refractivity contribution in [1.29, 1.82) is 0 Å². The second-order valence-electron chi connectivity index (χ2n) is 3.94. The smallest absolute Gasteiger partial charge is 0.101 e. The molecule has 0 fully saturated rings. The SMILES string of the molecule is Cc1nn(C)c(CC(O)c2ccccn2)c1Br. The molecule has 90 valence electrons. The lowest BCUT2D eigenvalue weighted by Crippen LogP contribution is -2.08. The van der Waals surface area contributed by atoms with Gasteiger partial charge in [-0.1, -0.05) is 6.07 Å². The van der Waals surface area contributed by atoms with Crippen LogP contribution in [0, 0.1) is 6.92 Å². The number of nitrogens with zero attached hydrogens (tertiary/aromatic N) is 3. The van der Waals surface area contributed by atoms with E-state index in [1.807, 2.05) is 32.2 Å². The summed E-state index contributed by atoms with van der Waals surface area (Å²) in [5.41, 5.74) is 2.58. The zero-order valence-corrected chi connectivity index (χ0v) is 11.3. The zero-order valence-electron chi connectivity index (χ0n) is 9.76. The minimum atomic E-state index is -0.609. The number of pyridine rings is 1. The molecule has 17 heavy (non-hydrogen) atoms. The Kier molecular flexibility index (Phi) is 3.59. The van der Waals surface area contributed by atoms with Gasteiger partial charge in [-0.3, -0.25) is 9.67 Å². The fraction of sp³-hybridized carbons (Fsp3) is 0.333. The molecule has 1 N–H and O–H groups in total. The largest absolute Gasteiger partial charge is 0.386 e. The van der Waals surface area contributed by atoms with Gasteiger partial charge in [0.05, 0.1) is 21.6 Å². The molecule has 1 unspecified atom stereocenters. The summed E-state index contributed by atoms with van der Waals surface area (Å²) in [6.45, 7) is 1.93. The van der Waals surface area contributed by atoms with E-state index < -0.39 is 6.10 Å². The Balaban J connectivity index is 2.22. The van der Waals surface area contributed by atoms with Crippen LogP contribution in [0.5, 0.6) is 0 Å². The lowest BCUT2D eigenvalue weighted by atomic mass is 10.1. The Bertz CT molecular complexity index is 510. The van der Waals surface area contributed by atoms with Crippen LogP contribution in [-0.4, -0.2) is 19.9 Å². The van der Waals surface area contributed by atoms with Crippen molar-refractivity contribution in [1.82, 2.24) is 14.8 Å². The Morgan fingerprint density at radius 3 is 2.76 bits per heavy atom. The van der Waals surface area contributed by atoms with E-state index in [0.717, 1.165) is 15.9 Å². The molecule has 0 amide bonds. The number of aliphatic hydroxyl groups excluding tert-OH is 1. The van der Waals surface area contributed by atoms with E-state index in [1.165, 1.54) is 0 Å². The highest BCUT2D eigenvalue weighted by Gasteiger charge is 2.16. The molecule has 0 aliphatic rings. The van der Waals surface area contributed by atoms with Crippen molar-refractivity contribution in [3.8, 4) is 0 Å². The highest BCUT2D eigenvalue weighted by atomic mass is 79.9. The van der Waals surface area contributed by atoms with E-state index in [9.17, 15) is 5.11 Å². The van der Waals surface area contributed by atoms with Crippen LogP contribution in [0.25, 0.3) is 0 Å². The van der Waals surface area contributed by atoms with Gasteiger partial charge in [-0.25, -0.2) is 0 Å². The molecule has 0 radical (unpaired) electrons. The van der Waals surface area contributed by atoms with Gasteiger partial charge in [0, 0.05) is 19.7 Å². The summed E-state index contributed by atoms with van der Waals surface area (Å²) in [5, 5.41) is 14.4. The molecule has 2 aromatic heterocycles. The lowest BCUT2D eigenvalue weighted by molar-refractivity contribution is 0.171. The van der Waals surface area contributed by atoms with Crippen molar-refractivity contribution in [2.45, 2.75) is 19.4 Å². The Labute approximate surface area is 108 Å². The minimum absolute atomic E-state index is 0.495. The molecule has 2 heterocycles. The number of aromatic nitrogens is 3. The molecular formula is C12H14BrN3O. The van der Waals surface area contributed by atoms with Gasteiger partial charge in [0.1, 0.15) is 6.10 Å². The average Bonchev–Trinajstić information content (AvgIpc) is 2.57. The summed E-state index contributed by atoms with van der Waals surface area (Å²) < 4.78 is 2.74. The third-order valence-corrected chi connectivity index (χ3v) is 3.71. The highest BCUT2D eigenvalue weighted by Crippen LogP contribution is 2.25. The van der Waals surface area contributed by atoms with Crippen molar-refractivity contribution in [2.24, 2.45) is 7.05 Å². The first-order valence-corrected chi connectivity index (χ1v) is 6.16. The third kappa shape index (κ3) is 2.56. The molecular weight excluding hydrogens is 282 g/mol. The van der Waals surface area contributed by atoms with Crippen LogP contribution in [0.2, 0.25) is 0 Å². The Hall–Kier alpha value is -1.20. The maximum absolute atomic E-state index is 10.1. The number of aliphatic hydroxyl groups is 1. The number of hydrogen-bond donors (Lipinski definition) is 1. The first kappa shape index (κ1) is 12.3. The second-order valence-corrected chi connectivity index (χ2v) is 4.74. The van der Waals surface area contributed by atoms with E-state index in [1.54, 1.807) is 10.9 Å². The molecule has 0 aromatic carbocycles. The third-order valence-electron chi connectivity index (χ3n) is 2.68. The quantitative estimate of drug-likeness (QED) is 0.944. The summed E-state index contributed by atoms with van der Waals surface area (Å²) >= 11 is 3.49. The number of hydrogen-bond acceptors (Lipinski definition) is 3.